The number of nitrogens with zero attached hydrogens (tertiary/aromatic N) is 2. The van der Waals surface area contributed by atoms with Gasteiger partial charge in [-0.15, -0.1) is 0 Å². The van der Waals surface area contributed by atoms with Gasteiger partial charge in [-0.1, -0.05) is 0 Å². The molecular formula is C15H12N2O6. The SMILES string of the molecule is CCOC(=O)c1cnc2n(c1=O)-c1ccc(C(=O)O)cc1OC2. The second kappa shape index (κ2) is 5.56. The Bertz CT molecular complexity index is 871. The van der Waals surface area contributed by atoms with Gasteiger partial charge >= 0.3 is 11.9 Å². The minimum atomic E-state index is -1.10. The van der Waals surface area contributed by atoms with Crippen LogP contribution >= 0.6 is 0 Å². The van der Waals surface area contributed by atoms with Crippen molar-refractivity contribution in [3.63, 3.8) is 0 Å². The number of hydrogen-bond donors (Lipinski definition) is 1. The number of carboxylic acid groups (broad SMARTS) is 1. The zero-order valence-electron chi connectivity index (χ0n) is 12.1. The van der Waals surface area contributed by atoms with Crippen molar-refractivity contribution in [1.29, 1.82) is 0 Å². The van der Waals surface area contributed by atoms with Crippen molar-refractivity contribution in [1.82, 2.24) is 9.55 Å². The fourth-order valence-electron chi connectivity index (χ4n) is 2.28. The number of carbonyl (C=O) groups excluding carboxylic acids is 1. The summed E-state index contributed by atoms with van der Waals surface area (Å²) in [4.78, 5) is 39.5. The summed E-state index contributed by atoms with van der Waals surface area (Å²) in [6.45, 7) is 1.77. The van der Waals surface area contributed by atoms with E-state index in [-0.39, 0.29) is 30.1 Å². The van der Waals surface area contributed by atoms with Crippen molar-refractivity contribution in [3.8, 4) is 11.4 Å². The molecule has 8 nitrogen and oxygen atoms in total. The largest absolute Gasteiger partial charge is 0.483 e. The normalized spacial score (nSPS) is 11.9. The molecular weight excluding hydrogens is 304 g/mol. The van der Waals surface area contributed by atoms with E-state index in [1.807, 2.05) is 0 Å². The highest BCUT2D eigenvalue weighted by Gasteiger charge is 2.24. The number of carboxylic acids is 1. The lowest BCUT2D eigenvalue weighted by Crippen LogP contribution is -2.32. The molecule has 8 heteroatoms. The van der Waals surface area contributed by atoms with Crippen molar-refractivity contribution in [2.75, 3.05) is 6.61 Å². The van der Waals surface area contributed by atoms with Gasteiger partial charge in [0.1, 0.15) is 17.9 Å². The van der Waals surface area contributed by atoms with E-state index in [1.165, 1.54) is 22.8 Å². The average Bonchev–Trinajstić information content (AvgIpc) is 2.54. The second-order valence-corrected chi connectivity index (χ2v) is 4.73. The predicted octanol–water partition coefficient (Wildman–Crippen LogP) is 1.000. The predicted molar refractivity (Wildman–Crippen MR) is 77.1 cm³/mol. The van der Waals surface area contributed by atoms with Crippen molar-refractivity contribution in [2.45, 2.75) is 13.5 Å². The lowest BCUT2D eigenvalue weighted by atomic mass is 10.1. The zero-order valence-corrected chi connectivity index (χ0v) is 12.1. The van der Waals surface area contributed by atoms with Crippen LogP contribution in [-0.2, 0) is 11.3 Å². The molecule has 0 saturated heterocycles. The lowest BCUT2D eigenvalue weighted by molar-refractivity contribution is 0.0522. The van der Waals surface area contributed by atoms with Crippen LogP contribution in [0.1, 0.15) is 33.5 Å². The molecule has 0 spiro atoms. The highest BCUT2D eigenvalue weighted by molar-refractivity contribution is 5.89. The van der Waals surface area contributed by atoms with Crippen LogP contribution in [0.3, 0.4) is 0 Å². The molecule has 1 aromatic carbocycles. The Kier molecular flexibility index (Phi) is 3.57. The molecule has 0 amide bonds. The van der Waals surface area contributed by atoms with E-state index in [4.69, 9.17) is 14.6 Å². The Morgan fingerprint density at radius 3 is 2.91 bits per heavy atom. The molecule has 1 aliphatic rings. The number of rotatable bonds is 3. The molecule has 23 heavy (non-hydrogen) atoms. The summed E-state index contributed by atoms with van der Waals surface area (Å²) in [5, 5.41) is 9.01. The Morgan fingerprint density at radius 1 is 1.43 bits per heavy atom. The van der Waals surface area contributed by atoms with Gasteiger partial charge < -0.3 is 14.6 Å². The number of fused-ring (bicyclic) bond motifs is 3. The molecule has 0 fully saturated rings. The summed E-state index contributed by atoms with van der Waals surface area (Å²) in [7, 11) is 0. The van der Waals surface area contributed by atoms with Crippen LogP contribution in [-0.4, -0.2) is 33.2 Å². The van der Waals surface area contributed by atoms with Crippen LogP contribution in [0.2, 0.25) is 0 Å². The molecule has 1 aromatic heterocycles. The van der Waals surface area contributed by atoms with Gasteiger partial charge in [0.2, 0.25) is 0 Å². The van der Waals surface area contributed by atoms with Crippen molar-refractivity contribution >= 4 is 11.9 Å². The Balaban J connectivity index is 2.17. The fraction of sp³-hybridized carbons (Fsp3) is 0.200. The van der Waals surface area contributed by atoms with E-state index >= 15 is 0 Å². The summed E-state index contributed by atoms with van der Waals surface area (Å²) in [6.07, 6.45) is 1.16. The first-order chi connectivity index (χ1) is 11.0. The fourth-order valence-corrected chi connectivity index (χ4v) is 2.28. The molecule has 1 N–H and O–H groups in total. The molecule has 0 radical (unpaired) electrons. The Labute approximate surface area is 129 Å². The summed E-state index contributed by atoms with van der Waals surface area (Å²) in [5.74, 6) is -1.30. The highest BCUT2D eigenvalue weighted by Crippen LogP contribution is 2.28. The van der Waals surface area contributed by atoms with E-state index in [0.717, 1.165) is 6.20 Å². The third-order valence-electron chi connectivity index (χ3n) is 3.33. The molecule has 0 atom stereocenters. The number of ether oxygens (including phenoxy) is 2. The van der Waals surface area contributed by atoms with Gasteiger partial charge in [-0.05, 0) is 25.1 Å². The number of carbonyl (C=O) groups is 2. The molecule has 0 saturated carbocycles. The smallest absolute Gasteiger partial charge is 0.345 e. The van der Waals surface area contributed by atoms with Gasteiger partial charge in [0.25, 0.3) is 5.56 Å². The maximum absolute atomic E-state index is 12.6. The van der Waals surface area contributed by atoms with Gasteiger partial charge in [0.05, 0.1) is 17.9 Å². The summed E-state index contributed by atoms with van der Waals surface area (Å²) in [6, 6.07) is 4.12. The molecule has 2 heterocycles. The maximum Gasteiger partial charge on any atom is 0.345 e. The van der Waals surface area contributed by atoms with Crippen molar-refractivity contribution in [3.05, 3.63) is 51.7 Å². The summed E-state index contributed by atoms with van der Waals surface area (Å²) in [5.41, 5.74) is -0.401. The van der Waals surface area contributed by atoms with Gasteiger partial charge in [0.15, 0.2) is 5.82 Å². The highest BCUT2D eigenvalue weighted by atomic mass is 16.5. The molecule has 3 rings (SSSR count). The molecule has 1 aliphatic heterocycles. The third-order valence-corrected chi connectivity index (χ3v) is 3.33. The van der Waals surface area contributed by atoms with Crippen molar-refractivity contribution in [2.24, 2.45) is 0 Å². The van der Waals surface area contributed by atoms with Crippen LogP contribution < -0.4 is 10.3 Å². The quantitative estimate of drug-likeness (QED) is 0.841. The van der Waals surface area contributed by atoms with E-state index in [0.29, 0.717) is 11.5 Å². The van der Waals surface area contributed by atoms with Gasteiger partial charge in [0, 0.05) is 6.20 Å². The lowest BCUT2D eigenvalue weighted by Gasteiger charge is -2.22. The van der Waals surface area contributed by atoms with Crippen LogP contribution in [0.25, 0.3) is 5.69 Å². The van der Waals surface area contributed by atoms with Crippen LogP contribution in [0.4, 0.5) is 0 Å². The van der Waals surface area contributed by atoms with Gasteiger partial charge in [-0.3, -0.25) is 9.36 Å². The van der Waals surface area contributed by atoms with E-state index in [1.54, 1.807) is 6.92 Å². The monoisotopic (exact) mass is 316 g/mol. The number of benzene rings is 1. The first-order valence-electron chi connectivity index (χ1n) is 6.81. The average molecular weight is 316 g/mol. The molecule has 0 bridgehead atoms. The zero-order chi connectivity index (χ0) is 16.6. The minimum absolute atomic E-state index is 0.00554. The van der Waals surface area contributed by atoms with Crippen molar-refractivity contribution < 1.29 is 24.2 Å². The van der Waals surface area contributed by atoms with E-state index in [9.17, 15) is 14.4 Å². The standard InChI is InChI=1S/C15H12N2O6/c1-2-22-15(21)9-6-16-12-7-23-11-5-8(14(19)20)3-4-10(11)17(12)13(9)18/h3-6H,2,7H2,1H3,(H,19,20). The Morgan fingerprint density at radius 2 is 2.22 bits per heavy atom. The number of esters is 1. The number of hydrogen-bond acceptors (Lipinski definition) is 6. The maximum atomic E-state index is 12.6. The van der Waals surface area contributed by atoms with Crippen LogP contribution in [0, 0.1) is 0 Å². The summed E-state index contributed by atoms with van der Waals surface area (Å²) < 4.78 is 11.5. The first-order valence-corrected chi connectivity index (χ1v) is 6.81. The molecule has 0 aliphatic carbocycles. The molecule has 118 valence electrons. The van der Waals surface area contributed by atoms with Gasteiger partial charge in [-0.2, -0.15) is 0 Å². The van der Waals surface area contributed by atoms with Crippen LogP contribution in [0.5, 0.6) is 5.75 Å². The number of aromatic carboxylic acids is 1. The van der Waals surface area contributed by atoms with Gasteiger partial charge in [-0.25, -0.2) is 14.6 Å². The third kappa shape index (κ3) is 2.44. The summed E-state index contributed by atoms with van der Waals surface area (Å²) >= 11 is 0. The Hall–Kier alpha value is -3.16. The molecule has 2 aromatic rings. The second-order valence-electron chi connectivity index (χ2n) is 4.73. The van der Waals surface area contributed by atoms with E-state index < -0.39 is 17.5 Å². The molecule has 0 unspecified atom stereocenters. The first kappa shape index (κ1) is 14.8. The topological polar surface area (TPSA) is 108 Å². The minimum Gasteiger partial charge on any atom is -0.483 e. The van der Waals surface area contributed by atoms with Crippen LogP contribution in [0.15, 0.2) is 29.2 Å². The number of aromatic nitrogens is 2. The van der Waals surface area contributed by atoms with E-state index in [2.05, 4.69) is 4.98 Å².